The van der Waals surface area contributed by atoms with Gasteiger partial charge in [-0.2, -0.15) is 37.7 Å². The maximum Gasteiger partial charge on any atom is 0.416 e. The van der Waals surface area contributed by atoms with Gasteiger partial charge in [0, 0.05) is 26.2 Å². The summed E-state index contributed by atoms with van der Waals surface area (Å²) in [5, 5.41) is 6.51. The fourth-order valence-corrected chi connectivity index (χ4v) is 3.86. The molecule has 0 amide bonds. The predicted molar refractivity (Wildman–Crippen MR) is 87.1 cm³/mol. The van der Waals surface area contributed by atoms with Crippen LogP contribution < -0.4 is 5.32 Å². The zero-order chi connectivity index (χ0) is 18.9. The topological polar surface area (TPSA) is 15.3 Å². The van der Waals surface area contributed by atoms with Crippen molar-refractivity contribution in [1.82, 2.24) is 10.2 Å². The lowest BCUT2D eigenvalue weighted by Crippen LogP contribution is -2.45. The minimum absolute atomic E-state index is 0.354. The Kier molecular flexibility index (Phi) is 5.32. The highest BCUT2D eigenvalue weighted by Crippen LogP contribution is 2.42. The molecule has 1 aliphatic heterocycles. The Labute approximate surface area is 150 Å². The van der Waals surface area contributed by atoms with Gasteiger partial charge < -0.3 is 5.32 Å². The van der Waals surface area contributed by atoms with Crippen molar-refractivity contribution in [1.29, 1.82) is 0 Å². The van der Waals surface area contributed by atoms with E-state index < -0.39 is 29.5 Å². The van der Waals surface area contributed by atoms with Crippen LogP contribution in [0.3, 0.4) is 0 Å². The highest BCUT2D eigenvalue weighted by atomic mass is 32.1. The first kappa shape index (κ1) is 19.2. The van der Waals surface area contributed by atoms with E-state index in [0.717, 1.165) is 0 Å². The normalized spacial score (nSPS) is 18.1. The second kappa shape index (κ2) is 7.21. The molecular formula is C17H16F6N2S. The summed E-state index contributed by atoms with van der Waals surface area (Å²) in [6, 6.07) is 2.47. The minimum Gasteiger partial charge on any atom is -0.314 e. The second-order valence-electron chi connectivity index (χ2n) is 6.04. The van der Waals surface area contributed by atoms with E-state index in [1.54, 1.807) is 21.7 Å². The molecule has 0 spiro atoms. The fraction of sp³-hybridized carbons (Fsp3) is 0.412. The van der Waals surface area contributed by atoms with Gasteiger partial charge in [-0.15, -0.1) is 0 Å². The second-order valence-corrected chi connectivity index (χ2v) is 6.82. The monoisotopic (exact) mass is 394 g/mol. The molecule has 26 heavy (non-hydrogen) atoms. The molecule has 0 unspecified atom stereocenters. The molecule has 1 N–H and O–H groups in total. The molecular weight excluding hydrogens is 378 g/mol. The molecule has 1 fully saturated rings. The quantitative estimate of drug-likeness (QED) is 0.754. The van der Waals surface area contributed by atoms with E-state index in [-0.39, 0.29) is 5.56 Å². The average Bonchev–Trinajstić information content (AvgIpc) is 3.08. The molecule has 1 aromatic carbocycles. The van der Waals surface area contributed by atoms with Gasteiger partial charge in [0.25, 0.3) is 0 Å². The SMILES string of the molecule is FC(F)(F)c1ccc(C(F)(F)F)c([C@@H](c2ccsc2)N2CCNCC2)c1. The molecule has 3 rings (SSSR count). The smallest absolute Gasteiger partial charge is 0.314 e. The highest BCUT2D eigenvalue weighted by Gasteiger charge is 2.40. The first-order valence-corrected chi connectivity index (χ1v) is 8.87. The van der Waals surface area contributed by atoms with Gasteiger partial charge in [-0.1, -0.05) is 0 Å². The van der Waals surface area contributed by atoms with Crippen LogP contribution in [0.4, 0.5) is 26.3 Å². The molecule has 1 atom stereocenters. The maximum absolute atomic E-state index is 13.5. The van der Waals surface area contributed by atoms with Gasteiger partial charge in [0.15, 0.2) is 0 Å². The number of piperazine rings is 1. The number of thiophene rings is 1. The van der Waals surface area contributed by atoms with Crippen molar-refractivity contribution in [2.45, 2.75) is 18.4 Å². The molecule has 2 aromatic rings. The minimum atomic E-state index is -4.73. The van der Waals surface area contributed by atoms with Crippen LogP contribution in [0.2, 0.25) is 0 Å². The van der Waals surface area contributed by atoms with Crippen molar-refractivity contribution in [2.75, 3.05) is 26.2 Å². The number of benzene rings is 1. The van der Waals surface area contributed by atoms with Crippen molar-refractivity contribution in [3.05, 3.63) is 57.3 Å². The van der Waals surface area contributed by atoms with E-state index in [0.29, 0.717) is 49.9 Å². The summed E-state index contributed by atoms with van der Waals surface area (Å²) in [5.74, 6) is 0. The van der Waals surface area contributed by atoms with Gasteiger partial charge in [-0.05, 0) is 46.2 Å². The number of hydrogen-bond acceptors (Lipinski definition) is 3. The van der Waals surface area contributed by atoms with Crippen molar-refractivity contribution in [2.24, 2.45) is 0 Å². The molecule has 0 saturated carbocycles. The summed E-state index contributed by atoms with van der Waals surface area (Å²) in [4.78, 5) is 1.79. The van der Waals surface area contributed by atoms with Gasteiger partial charge in [0.05, 0.1) is 17.2 Å². The molecule has 0 radical (unpaired) electrons. The summed E-state index contributed by atoms with van der Waals surface area (Å²) in [7, 11) is 0. The number of nitrogens with zero attached hydrogens (tertiary/aromatic N) is 1. The van der Waals surface area contributed by atoms with Crippen molar-refractivity contribution < 1.29 is 26.3 Å². The lowest BCUT2D eigenvalue weighted by Gasteiger charge is -2.36. The summed E-state index contributed by atoms with van der Waals surface area (Å²) in [6.07, 6.45) is -9.44. The summed E-state index contributed by atoms with van der Waals surface area (Å²) >= 11 is 1.30. The molecule has 1 saturated heterocycles. The average molecular weight is 394 g/mol. The van der Waals surface area contributed by atoms with Crippen LogP contribution in [0.1, 0.15) is 28.3 Å². The Morgan fingerprint density at radius 1 is 0.962 bits per heavy atom. The van der Waals surface area contributed by atoms with Crippen LogP contribution >= 0.6 is 11.3 Å². The third-order valence-electron chi connectivity index (χ3n) is 4.35. The maximum atomic E-state index is 13.5. The Morgan fingerprint density at radius 3 is 2.19 bits per heavy atom. The Morgan fingerprint density at radius 2 is 1.65 bits per heavy atom. The van der Waals surface area contributed by atoms with Gasteiger partial charge in [0.1, 0.15) is 0 Å². The largest absolute Gasteiger partial charge is 0.416 e. The number of nitrogens with one attached hydrogen (secondary N) is 1. The molecule has 1 aromatic heterocycles. The van der Waals surface area contributed by atoms with Crippen LogP contribution in [-0.4, -0.2) is 31.1 Å². The molecule has 0 aliphatic carbocycles. The first-order chi connectivity index (χ1) is 12.2. The number of alkyl halides is 6. The number of hydrogen-bond donors (Lipinski definition) is 1. The van der Waals surface area contributed by atoms with Crippen LogP contribution in [0.15, 0.2) is 35.0 Å². The van der Waals surface area contributed by atoms with Crippen molar-refractivity contribution in [3.63, 3.8) is 0 Å². The standard InChI is InChI=1S/C17H16F6N2S/c18-16(19,20)12-1-2-14(17(21,22)23)13(9-12)15(11-3-8-26-10-11)25-6-4-24-5-7-25/h1-3,8-10,15,24H,4-7H2/t15-/m1/s1. The molecule has 2 nitrogen and oxygen atoms in total. The lowest BCUT2D eigenvalue weighted by atomic mass is 9.92. The molecule has 142 valence electrons. The van der Waals surface area contributed by atoms with Crippen LogP contribution in [0.25, 0.3) is 0 Å². The Hall–Kier alpha value is -1.58. The number of halogens is 6. The first-order valence-electron chi connectivity index (χ1n) is 7.93. The zero-order valence-electron chi connectivity index (χ0n) is 13.5. The van der Waals surface area contributed by atoms with Gasteiger partial charge in [-0.3, -0.25) is 4.90 Å². The van der Waals surface area contributed by atoms with Gasteiger partial charge in [-0.25, -0.2) is 0 Å². The molecule has 9 heteroatoms. The van der Waals surface area contributed by atoms with E-state index in [2.05, 4.69) is 5.32 Å². The van der Waals surface area contributed by atoms with Crippen molar-refractivity contribution >= 4 is 11.3 Å². The van der Waals surface area contributed by atoms with E-state index in [1.165, 1.54) is 11.3 Å². The summed E-state index contributed by atoms with van der Waals surface area (Å²) in [6.45, 7) is 2.05. The predicted octanol–water partition coefficient (Wildman–Crippen LogP) is 4.78. The summed E-state index contributed by atoms with van der Waals surface area (Å²) < 4.78 is 80.0. The lowest BCUT2D eigenvalue weighted by molar-refractivity contribution is -0.142. The summed E-state index contributed by atoms with van der Waals surface area (Å²) in [5.41, 5.74) is -1.88. The van der Waals surface area contributed by atoms with Crippen molar-refractivity contribution in [3.8, 4) is 0 Å². The molecule has 1 aliphatic rings. The number of rotatable bonds is 3. The molecule has 0 bridgehead atoms. The van der Waals surface area contributed by atoms with E-state index >= 15 is 0 Å². The third kappa shape index (κ3) is 4.05. The zero-order valence-corrected chi connectivity index (χ0v) is 14.3. The fourth-order valence-electron chi connectivity index (χ4n) is 3.18. The van der Waals surface area contributed by atoms with Gasteiger partial charge >= 0.3 is 12.4 Å². The third-order valence-corrected chi connectivity index (χ3v) is 5.06. The van der Waals surface area contributed by atoms with Crippen LogP contribution in [-0.2, 0) is 12.4 Å². The van der Waals surface area contributed by atoms with Crippen LogP contribution in [0.5, 0.6) is 0 Å². The molecule has 2 heterocycles. The van der Waals surface area contributed by atoms with Gasteiger partial charge in [0.2, 0.25) is 0 Å². The Balaban J connectivity index is 2.17. The van der Waals surface area contributed by atoms with E-state index in [4.69, 9.17) is 0 Å². The van der Waals surface area contributed by atoms with E-state index in [1.807, 2.05) is 0 Å². The van der Waals surface area contributed by atoms with E-state index in [9.17, 15) is 26.3 Å². The highest BCUT2D eigenvalue weighted by molar-refractivity contribution is 7.08. The Bertz CT molecular complexity index is 733. The van der Waals surface area contributed by atoms with Crippen LogP contribution in [0, 0.1) is 0 Å².